The van der Waals surface area contributed by atoms with E-state index in [1.807, 2.05) is 30.7 Å². The fourth-order valence-electron chi connectivity index (χ4n) is 3.57. The van der Waals surface area contributed by atoms with E-state index < -0.39 is 0 Å². The van der Waals surface area contributed by atoms with Gasteiger partial charge in [-0.1, -0.05) is 30.3 Å². The third-order valence-electron chi connectivity index (χ3n) is 4.63. The summed E-state index contributed by atoms with van der Waals surface area (Å²) in [6, 6.07) is 16.6. The summed E-state index contributed by atoms with van der Waals surface area (Å²) in [6.07, 6.45) is 5.62. The second kappa shape index (κ2) is 5.34. The second-order valence-electron chi connectivity index (χ2n) is 6.03. The molecule has 5 heteroatoms. The quantitative estimate of drug-likeness (QED) is 0.534. The number of rotatable bonds is 3. The Balaban J connectivity index is 1.92. The third-order valence-corrected chi connectivity index (χ3v) is 4.63. The number of H-pyrrole nitrogens is 1. The van der Waals surface area contributed by atoms with Crippen LogP contribution in [0.15, 0.2) is 67.3 Å². The highest BCUT2D eigenvalue weighted by molar-refractivity contribution is 6.00. The first-order valence-corrected chi connectivity index (χ1v) is 8.41. The number of nitrogens with zero attached hydrogens (tertiary/aromatic N) is 4. The molecular formula is C20H17N5. The highest BCUT2D eigenvalue weighted by atomic mass is 15.2. The van der Waals surface area contributed by atoms with E-state index in [9.17, 15) is 0 Å². The Bertz CT molecular complexity index is 1140. The number of hydrogen-bond donors (Lipinski definition) is 1. The van der Waals surface area contributed by atoms with Crippen molar-refractivity contribution in [2.45, 2.75) is 13.5 Å². The summed E-state index contributed by atoms with van der Waals surface area (Å²) in [5.74, 6) is 1.97. The first kappa shape index (κ1) is 14.0. The van der Waals surface area contributed by atoms with E-state index in [-0.39, 0.29) is 0 Å². The highest BCUT2D eigenvalue weighted by Gasteiger charge is 2.21. The Morgan fingerprint density at radius 2 is 1.88 bits per heavy atom. The summed E-state index contributed by atoms with van der Waals surface area (Å²) >= 11 is 0. The van der Waals surface area contributed by atoms with Gasteiger partial charge in [0.1, 0.15) is 18.0 Å². The first-order chi connectivity index (χ1) is 12.4. The molecule has 0 bridgehead atoms. The van der Waals surface area contributed by atoms with Crippen LogP contribution in [-0.2, 0) is 6.54 Å². The van der Waals surface area contributed by atoms with Gasteiger partial charge < -0.3 is 9.55 Å². The lowest BCUT2D eigenvalue weighted by atomic mass is 10.1. The van der Waals surface area contributed by atoms with Crippen molar-refractivity contribution in [1.82, 2.24) is 24.1 Å². The predicted molar refractivity (Wildman–Crippen MR) is 99.8 cm³/mol. The standard InChI is InChI=1S/C20H17N5/c1-2-25-17-10-6-3-7-14(17)18(20(25)24-12-11-21-13-24)19-22-15-8-4-5-9-16(15)23-19/h3-13H,2H2,1H3,(H,22,23). The van der Waals surface area contributed by atoms with E-state index in [0.717, 1.165) is 34.8 Å². The molecule has 0 amide bonds. The topological polar surface area (TPSA) is 51.4 Å². The molecule has 2 aromatic carbocycles. The van der Waals surface area contributed by atoms with Crippen molar-refractivity contribution < 1.29 is 0 Å². The number of fused-ring (bicyclic) bond motifs is 2. The smallest absolute Gasteiger partial charge is 0.142 e. The number of imidazole rings is 2. The molecule has 5 nitrogen and oxygen atoms in total. The van der Waals surface area contributed by atoms with E-state index in [0.29, 0.717) is 0 Å². The second-order valence-corrected chi connectivity index (χ2v) is 6.03. The van der Waals surface area contributed by atoms with E-state index >= 15 is 0 Å². The van der Waals surface area contributed by atoms with Gasteiger partial charge >= 0.3 is 0 Å². The number of aromatic nitrogens is 5. The number of para-hydroxylation sites is 3. The molecule has 0 radical (unpaired) electrons. The predicted octanol–water partition coefficient (Wildman–Crippen LogP) is 4.39. The molecule has 25 heavy (non-hydrogen) atoms. The minimum Gasteiger partial charge on any atom is -0.338 e. The molecule has 0 saturated carbocycles. The summed E-state index contributed by atoms with van der Waals surface area (Å²) in [5, 5.41) is 1.19. The van der Waals surface area contributed by atoms with E-state index in [1.54, 1.807) is 6.20 Å². The lowest BCUT2D eigenvalue weighted by Crippen LogP contribution is -2.04. The van der Waals surface area contributed by atoms with Crippen molar-refractivity contribution in [1.29, 1.82) is 0 Å². The van der Waals surface area contributed by atoms with Gasteiger partial charge in [-0.05, 0) is 25.1 Å². The van der Waals surface area contributed by atoms with Gasteiger partial charge in [-0.3, -0.25) is 4.57 Å². The van der Waals surface area contributed by atoms with Crippen molar-refractivity contribution in [2.75, 3.05) is 0 Å². The van der Waals surface area contributed by atoms with Crippen LogP contribution in [-0.4, -0.2) is 24.1 Å². The zero-order valence-electron chi connectivity index (χ0n) is 13.8. The molecule has 122 valence electrons. The van der Waals surface area contributed by atoms with Gasteiger partial charge in [0.15, 0.2) is 0 Å². The lowest BCUT2D eigenvalue weighted by Gasteiger charge is -2.10. The number of aromatic amines is 1. The molecule has 0 aliphatic carbocycles. The van der Waals surface area contributed by atoms with Crippen LogP contribution in [0, 0.1) is 0 Å². The van der Waals surface area contributed by atoms with Crippen molar-refractivity contribution in [3.63, 3.8) is 0 Å². The number of nitrogens with one attached hydrogen (secondary N) is 1. The molecule has 0 atom stereocenters. The monoisotopic (exact) mass is 327 g/mol. The van der Waals surface area contributed by atoms with Gasteiger partial charge in [0.25, 0.3) is 0 Å². The highest BCUT2D eigenvalue weighted by Crippen LogP contribution is 2.36. The Morgan fingerprint density at radius 3 is 2.68 bits per heavy atom. The number of hydrogen-bond acceptors (Lipinski definition) is 2. The van der Waals surface area contributed by atoms with E-state index in [1.165, 1.54) is 10.9 Å². The molecule has 5 aromatic rings. The van der Waals surface area contributed by atoms with Crippen LogP contribution in [0.25, 0.3) is 39.1 Å². The fourth-order valence-corrected chi connectivity index (χ4v) is 3.57. The fraction of sp³-hybridized carbons (Fsp3) is 0.100. The van der Waals surface area contributed by atoms with Crippen LogP contribution in [0.4, 0.5) is 0 Å². The summed E-state index contributed by atoms with van der Waals surface area (Å²) < 4.78 is 4.37. The van der Waals surface area contributed by atoms with Gasteiger partial charge in [-0.15, -0.1) is 0 Å². The zero-order chi connectivity index (χ0) is 16.8. The number of aryl methyl sites for hydroxylation is 1. The normalized spacial score (nSPS) is 11.6. The van der Waals surface area contributed by atoms with E-state index in [4.69, 9.17) is 4.98 Å². The van der Waals surface area contributed by atoms with Gasteiger partial charge in [0.2, 0.25) is 0 Å². The van der Waals surface area contributed by atoms with Crippen molar-refractivity contribution in [3.8, 4) is 17.2 Å². The maximum absolute atomic E-state index is 4.85. The zero-order valence-corrected chi connectivity index (χ0v) is 13.8. The minimum atomic E-state index is 0.869. The average Bonchev–Trinajstić information content (AvgIpc) is 3.36. The molecule has 1 N–H and O–H groups in total. The Kier molecular flexibility index (Phi) is 3.00. The van der Waals surface area contributed by atoms with Gasteiger partial charge in [-0.2, -0.15) is 0 Å². The van der Waals surface area contributed by atoms with Crippen LogP contribution in [0.1, 0.15) is 6.92 Å². The van der Waals surface area contributed by atoms with Crippen LogP contribution in [0.3, 0.4) is 0 Å². The first-order valence-electron chi connectivity index (χ1n) is 8.41. The molecular weight excluding hydrogens is 310 g/mol. The average molecular weight is 327 g/mol. The Hall–Kier alpha value is -3.34. The summed E-state index contributed by atoms with van der Waals surface area (Å²) in [5.41, 5.74) is 4.32. The van der Waals surface area contributed by atoms with E-state index in [2.05, 4.69) is 56.4 Å². The molecule has 0 unspecified atom stereocenters. The Labute approximate surface area is 144 Å². The molecule has 0 aliphatic rings. The summed E-state index contributed by atoms with van der Waals surface area (Å²) in [6.45, 7) is 3.03. The van der Waals surface area contributed by atoms with Crippen molar-refractivity contribution in [2.24, 2.45) is 0 Å². The third kappa shape index (κ3) is 2.02. The molecule has 0 fully saturated rings. The van der Waals surface area contributed by atoms with Gasteiger partial charge in [0.05, 0.1) is 22.1 Å². The summed E-state index contributed by atoms with van der Waals surface area (Å²) in [7, 11) is 0. The number of benzene rings is 2. The van der Waals surface area contributed by atoms with Crippen LogP contribution in [0.5, 0.6) is 0 Å². The lowest BCUT2D eigenvalue weighted by molar-refractivity contribution is 0.756. The molecule has 5 rings (SSSR count). The van der Waals surface area contributed by atoms with Crippen molar-refractivity contribution >= 4 is 21.9 Å². The van der Waals surface area contributed by atoms with Crippen LogP contribution in [0.2, 0.25) is 0 Å². The molecule has 0 spiro atoms. The van der Waals surface area contributed by atoms with Crippen molar-refractivity contribution in [3.05, 3.63) is 67.3 Å². The minimum absolute atomic E-state index is 0.869. The summed E-state index contributed by atoms with van der Waals surface area (Å²) in [4.78, 5) is 12.6. The molecule has 0 aliphatic heterocycles. The Morgan fingerprint density at radius 1 is 1.04 bits per heavy atom. The largest absolute Gasteiger partial charge is 0.338 e. The maximum Gasteiger partial charge on any atom is 0.142 e. The van der Waals surface area contributed by atoms with Crippen LogP contribution < -0.4 is 0 Å². The SMILES string of the molecule is CCn1c(-n2ccnc2)c(-c2nc3ccccc3[nH]2)c2ccccc21. The van der Waals surface area contributed by atoms with Crippen LogP contribution >= 0.6 is 0 Å². The van der Waals surface area contributed by atoms with Gasteiger partial charge in [-0.25, -0.2) is 9.97 Å². The maximum atomic E-state index is 4.85. The molecule has 3 heterocycles. The molecule has 0 saturated heterocycles. The molecule has 3 aromatic heterocycles. The van der Waals surface area contributed by atoms with Gasteiger partial charge in [0, 0.05) is 24.3 Å².